The van der Waals surface area contributed by atoms with Gasteiger partial charge in [-0.25, -0.2) is 8.42 Å². The Morgan fingerprint density at radius 3 is 2.22 bits per heavy atom. The van der Waals surface area contributed by atoms with Gasteiger partial charge in [0.25, 0.3) is 0 Å². The average molecular weight is 414 g/mol. The summed E-state index contributed by atoms with van der Waals surface area (Å²) in [6.07, 6.45) is 0.469. The van der Waals surface area contributed by atoms with Crippen molar-refractivity contribution in [3.05, 3.63) is 53.1 Å². The van der Waals surface area contributed by atoms with Gasteiger partial charge in [-0.05, 0) is 48.4 Å². The van der Waals surface area contributed by atoms with Gasteiger partial charge in [0.05, 0.1) is 25.7 Å². The van der Waals surface area contributed by atoms with Gasteiger partial charge in [0.2, 0.25) is 10.0 Å². The van der Waals surface area contributed by atoms with E-state index in [0.29, 0.717) is 22.9 Å². The fourth-order valence-corrected chi connectivity index (χ4v) is 4.54. The number of ether oxygens (including phenoxy) is 2. The van der Waals surface area contributed by atoms with Crippen LogP contribution in [0.5, 0.6) is 11.5 Å². The molecule has 6 nitrogen and oxygen atoms in total. The third-order valence-electron chi connectivity index (χ3n) is 4.30. The highest BCUT2D eigenvalue weighted by molar-refractivity contribution is 7.89. The van der Waals surface area contributed by atoms with Gasteiger partial charge >= 0.3 is 0 Å². The summed E-state index contributed by atoms with van der Waals surface area (Å²) in [5.41, 5.74) is 0.720. The van der Waals surface area contributed by atoms with Gasteiger partial charge in [0, 0.05) is 17.6 Å². The van der Waals surface area contributed by atoms with Gasteiger partial charge in [0.15, 0.2) is 11.5 Å². The highest BCUT2D eigenvalue weighted by Gasteiger charge is 2.30. The highest BCUT2D eigenvalue weighted by Crippen LogP contribution is 2.30. The van der Waals surface area contributed by atoms with Crippen LogP contribution in [0.25, 0.3) is 0 Å². The molecule has 0 heterocycles. The van der Waals surface area contributed by atoms with E-state index in [1.165, 1.54) is 42.8 Å². The molecule has 0 aliphatic heterocycles. The molecule has 27 heavy (non-hydrogen) atoms. The van der Waals surface area contributed by atoms with Crippen molar-refractivity contribution in [3.8, 4) is 11.5 Å². The Labute approximate surface area is 165 Å². The van der Waals surface area contributed by atoms with E-state index >= 15 is 0 Å². The second-order valence-corrected chi connectivity index (χ2v) is 8.27. The standard InChI is InChI=1S/C19H24ClNO5S/c1-4-16(13-22)21(27(23,24)17-8-6-15(20)7-9-17)12-14-5-10-18(25-2)19(11-14)26-3/h5-11,16,22H,4,12-13H2,1-3H3. The largest absolute Gasteiger partial charge is 0.493 e. The smallest absolute Gasteiger partial charge is 0.243 e. The third-order valence-corrected chi connectivity index (χ3v) is 6.46. The molecule has 1 atom stereocenters. The minimum atomic E-state index is -3.83. The molecule has 0 aliphatic carbocycles. The number of halogens is 1. The second-order valence-electron chi connectivity index (χ2n) is 5.94. The Morgan fingerprint density at radius 1 is 1.07 bits per heavy atom. The van der Waals surface area contributed by atoms with Crippen molar-refractivity contribution in [2.45, 2.75) is 30.8 Å². The molecule has 0 aromatic heterocycles. The first-order valence-electron chi connectivity index (χ1n) is 8.46. The van der Waals surface area contributed by atoms with Crippen molar-refractivity contribution >= 4 is 21.6 Å². The topological polar surface area (TPSA) is 76.1 Å². The highest BCUT2D eigenvalue weighted by atomic mass is 35.5. The predicted octanol–water partition coefficient (Wildman–Crippen LogP) is 3.32. The number of nitrogens with zero attached hydrogens (tertiary/aromatic N) is 1. The Kier molecular flexibility index (Phi) is 7.49. The van der Waals surface area contributed by atoms with E-state index in [1.54, 1.807) is 18.2 Å². The normalized spacial score (nSPS) is 12.8. The first-order chi connectivity index (χ1) is 12.9. The molecule has 0 saturated heterocycles. The Bertz CT molecular complexity index is 851. The van der Waals surface area contributed by atoms with Crippen molar-refractivity contribution in [1.29, 1.82) is 0 Å². The van der Waals surface area contributed by atoms with Crippen molar-refractivity contribution in [2.75, 3.05) is 20.8 Å². The molecule has 0 radical (unpaired) electrons. The Morgan fingerprint density at radius 2 is 1.70 bits per heavy atom. The molecule has 2 aromatic carbocycles. The summed E-state index contributed by atoms with van der Waals surface area (Å²) < 4.78 is 38.2. The van der Waals surface area contributed by atoms with Crippen LogP contribution in [0.1, 0.15) is 18.9 Å². The molecule has 2 aromatic rings. The maximum absolute atomic E-state index is 13.2. The molecule has 0 fully saturated rings. The number of hydrogen-bond donors (Lipinski definition) is 1. The van der Waals surface area contributed by atoms with E-state index < -0.39 is 16.1 Å². The summed E-state index contributed by atoms with van der Waals surface area (Å²) in [5.74, 6) is 1.07. The van der Waals surface area contributed by atoms with Crippen molar-refractivity contribution in [1.82, 2.24) is 4.31 Å². The summed E-state index contributed by atoms with van der Waals surface area (Å²) in [6.45, 7) is 1.64. The zero-order valence-corrected chi connectivity index (χ0v) is 17.1. The number of methoxy groups -OCH3 is 2. The van der Waals surface area contributed by atoms with Crippen LogP contribution in [0.4, 0.5) is 0 Å². The van der Waals surface area contributed by atoms with Crippen LogP contribution in [0.2, 0.25) is 5.02 Å². The molecule has 8 heteroatoms. The molecule has 0 saturated carbocycles. The molecular formula is C19H24ClNO5S. The number of aliphatic hydroxyl groups excluding tert-OH is 1. The lowest BCUT2D eigenvalue weighted by Crippen LogP contribution is -2.41. The van der Waals surface area contributed by atoms with E-state index in [0.717, 1.165) is 5.56 Å². The van der Waals surface area contributed by atoms with Gasteiger partial charge in [-0.3, -0.25) is 0 Å². The van der Waals surface area contributed by atoms with Gasteiger partial charge < -0.3 is 14.6 Å². The molecule has 1 unspecified atom stereocenters. The zero-order valence-electron chi connectivity index (χ0n) is 15.6. The van der Waals surface area contributed by atoms with Crippen molar-refractivity contribution in [3.63, 3.8) is 0 Å². The minimum Gasteiger partial charge on any atom is -0.493 e. The fourth-order valence-electron chi connectivity index (χ4n) is 2.74. The number of sulfonamides is 1. The van der Waals surface area contributed by atoms with Crippen LogP contribution < -0.4 is 9.47 Å². The third kappa shape index (κ3) is 4.93. The lowest BCUT2D eigenvalue weighted by molar-refractivity contribution is 0.179. The Hall–Kier alpha value is -1.80. The molecule has 0 amide bonds. The summed E-state index contributed by atoms with van der Waals surface area (Å²) in [4.78, 5) is 0.124. The van der Waals surface area contributed by atoms with Crippen LogP contribution >= 0.6 is 11.6 Å². The zero-order chi connectivity index (χ0) is 20.0. The second kappa shape index (κ2) is 9.41. The van der Waals surface area contributed by atoms with E-state index in [9.17, 15) is 13.5 Å². The molecule has 2 rings (SSSR count). The lowest BCUT2D eigenvalue weighted by atomic mass is 10.1. The van der Waals surface area contributed by atoms with Crippen LogP contribution in [0.15, 0.2) is 47.4 Å². The minimum absolute atomic E-state index is 0.0877. The summed E-state index contributed by atoms with van der Waals surface area (Å²) in [7, 11) is -0.776. The maximum atomic E-state index is 13.2. The first-order valence-corrected chi connectivity index (χ1v) is 10.3. The van der Waals surface area contributed by atoms with E-state index in [-0.39, 0.29) is 18.0 Å². The van der Waals surface area contributed by atoms with Gasteiger partial charge in [-0.1, -0.05) is 24.6 Å². The average Bonchev–Trinajstić information content (AvgIpc) is 2.68. The van der Waals surface area contributed by atoms with Crippen molar-refractivity contribution in [2.24, 2.45) is 0 Å². The molecule has 0 spiro atoms. The molecule has 0 aliphatic rings. The SMILES string of the molecule is CCC(CO)N(Cc1ccc(OC)c(OC)c1)S(=O)(=O)c1ccc(Cl)cc1. The van der Waals surface area contributed by atoms with Gasteiger partial charge in [-0.15, -0.1) is 0 Å². The summed E-state index contributed by atoms with van der Waals surface area (Å²) >= 11 is 5.88. The van der Waals surface area contributed by atoms with Gasteiger partial charge in [0.1, 0.15) is 0 Å². The lowest BCUT2D eigenvalue weighted by Gasteiger charge is -2.29. The maximum Gasteiger partial charge on any atom is 0.243 e. The van der Waals surface area contributed by atoms with Crippen LogP contribution in [-0.4, -0.2) is 44.7 Å². The van der Waals surface area contributed by atoms with E-state index in [2.05, 4.69) is 0 Å². The fraction of sp³-hybridized carbons (Fsp3) is 0.368. The number of hydrogen-bond acceptors (Lipinski definition) is 5. The molecule has 0 bridgehead atoms. The Balaban J connectivity index is 2.45. The summed E-state index contributed by atoms with van der Waals surface area (Å²) in [5, 5.41) is 10.2. The number of rotatable bonds is 9. The van der Waals surface area contributed by atoms with E-state index in [4.69, 9.17) is 21.1 Å². The molecule has 148 valence electrons. The number of aliphatic hydroxyl groups is 1. The molecular weight excluding hydrogens is 390 g/mol. The van der Waals surface area contributed by atoms with Gasteiger partial charge in [-0.2, -0.15) is 4.31 Å². The van der Waals surface area contributed by atoms with Crippen LogP contribution in [0.3, 0.4) is 0 Å². The first kappa shape index (κ1) is 21.5. The number of benzene rings is 2. The molecule has 1 N–H and O–H groups in total. The van der Waals surface area contributed by atoms with E-state index in [1.807, 2.05) is 6.92 Å². The predicted molar refractivity (Wildman–Crippen MR) is 105 cm³/mol. The van der Waals surface area contributed by atoms with Crippen molar-refractivity contribution < 1.29 is 23.0 Å². The monoisotopic (exact) mass is 413 g/mol. The quantitative estimate of drug-likeness (QED) is 0.682. The van der Waals surface area contributed by atoms with Crippen LogP contribution in [0, 0.1) is 0 Å². The summed E-state index contributed by atoms with van der Waals surface area (Å²) in [6, 6.07) is 10.7. The van der Waals surface area contributed by atoms with Crippen LogP contribution in [-0.2, 0) is 16.6 Å².